The largest absolute Gasteiger partial charge is 0.482 e. The van der Waals surface area contributed by atoms with Gasteiger partial charge in [0.05, 0.1) is 11.4 Å². The van der Waals surface area contributed by atoms with E-state index in [-0.39, 0.29) is 5.82 Å². The third kappa shape index (κ3) is 2.13. The average molecular weight is 217 g/mol. The van der Waals surface area contributed by atoms with Crippen molar-refractivity contribution in [1.82, 2.24) is 0 Å². The fraction of sp³-hybridized carbons (Fsp3) is 0.364. The molecule has 1 fully saturated rings. The van der Waals surface area contributed by atoms with Gasteiger partial charge in [0.2, 0.25) is 0 Å². The Morgan fingerprint density at radius 1 is 1.50 bits per heavy atom. The van der Waals surface area contributed by atoms with E-state index in [0.29, 0.717) is 12.9 Å². The summed E-state index contributed by atoms with van der Waals surface area (Å²) in [6.45, 7) is 0.738. The molecule has 83 valence electrons. The van der Waals surface area contributed by atoms with Crippen LogP contribution in [0.4, 0.5) is 11.4 Å². The fourth-order valence-corrected chi connectivity index (χ4v) is 1.98. The monoisotopic (exact) mass is 217 g/mol. The van der Waals surface area contributed by atoms with E-state index in [2.05, 4.69) is 4.90 Å². The molecule has 1 aliphatic heterocycles. The molecule has 4 nitrogen and oxygen atoms in total. The quantitative estimate of drug-likeness (QED) is 0.573. The lowest BCUT2D eigenvalue weighted by Gasteiger charge is -2.32. The summed E-state index contributed by atoms with van der Waals surface area (Å²) in [7, 11) is 1.83. The van der Waals surface area contributed by atoms with Crippen LogP contribution >= 0.6 is 0 Å². The average Bonchev–Trinajstić information content (AvgIpc) is 2.30. The van der Waals surface area contributed by atoms with Crippen LogP contribution in [-0.2, 0) is 4.79 Å². The van der Waals surface area contributed by atoms with Gasteiger partial charge >= 0.3 is 0 Å². The van der Waals surface area contributed by atoms with E-state index < -0.39 is 5.97 Å². The second kappa shape index (κ2) is 4.47. The molecule has 0 bridgehead atoms. The lowest BCUT2D eigenvalue weighted by Crippen LogP contribution is -2.39. The van der Waals surface area contributed by atoms with Gasteiger partial charge in [0.1, 0.15) is 0 Å². The van der Waals surface area contributed by atoms with Crippen molar-refractivity contribution in [3.05, 3.63) is 24.3 Å². The van der Waals surface area contributed by atoms with Gasteiger partial charge in [-0.1, -0.05) is 12.1 Å². The SMILES string of the molecule is Nc1ccccc1N1C[B]C(C(=O)O)CC1. The first-order chi connectivity index (χ1) is 7.68. The Bertz CT molecular complexity index is 389. The number of para-hydroxylation sites is 2. The van der Waals surface area contributed by atoms with E-state index in [1.165, 1.54) is 0 Å². The molecule has 16 heavy (non-hydrogen) atoms. The third-order valence-corrected chi connectivity index (χ3v) is 2.91. The number of carbonyl (C=O) groups is 1. The zero-order chi connectivity index (χ0) is 11.5. The smallest absolute Gasteiger partial charge is 0.298 e. The maximum absolute atomic E-state index is 10.8. The number of rotatable bonds is 2. The highest BCUT2D eigenvalue weighted by molar-refractivity contribution is 6.44. The molecule has 1 heterocycles. The second-order valence-corrected chi connectivity index (χ2v) is 3.97. The van der Waals surface area contributed by atoms with Gasteiger partial charge in [0.25, 0.3) is 5.97 Å². The molecule has 1 aromatic carbocycles. The minimum absolute atomic E-state index is 0.318. The van der Waals surface area contributed by atoms with Crippen molar-refractivity contribution in [3.63, 3.8) is 0 Å². The highest BCUT2D eigenvalue weighted by atomic mass is 16.4. The number of carboxylic acids is 1. The summed E-state index contributed by atoms with van der Waals surface area (Å²) in [6.07, 6.45) is 1.29. The summed E-state index contributed by atoms with van der Waals surface area (Å²) in [5.41, 5.74) is 7.60. The van der Waals surface area contributed by atoms with Gasteiger partial charge in [-0.25, -0.2) is 0 Å². The van der Waals surface area contributed by atoms with Gasteiger partial charge < -0.3 is 15.7 Å². The Labute approximate surface area is 95.3 Å². The van der Waals surface area contributed by atoms with Gasteiger partial charge in [0.15, 0.2) is 7.28 Å². The maximum atomic E-state index is 10.8. The number of hydrogen-bond donors (Lipinski definition) is 2. The highest BCUT2D eigenvalue weighted by Gasteiger charge is 2.26. The number of aliphatic carboxylic acids is 1. The van der Waals surface area contributed by atoms with Gasteiger partial charge in [-0.2, -0.15) is 0 Å². The number of benzene rings is 1. The topological polar surface area (TPSA) is 66.6 Å². The van der Waals surface area contributed by atoms with Crippen LogP contribution in [0.1, 0.15) is 6.42 Å². The summed E-state index contributed by atoms with van der Waals surface area (Å²) < 4.78 is 0. The summed E-state index contributed by atoms with van der Waals surface area (Å²) in [5, 5.41) is 8.88. The van der Waals surface area contributed by atoms with Crippen molar-refractivity contribution in [1.29, 1.82) is 0 Å². The van der Waals surface area contributed by atoms with E-state index in [9.17, 15) is 4.79 Å². The molecule has 1 aromatic rings. The molecule has 0 amide bonds. The van der Waals surface area contributed by atoms with Gasteiger partial charge in [-0.3, -0.25) is 4.79 Å². The number of hydrogen-bond acceptors (Lipinski definition) is 3. The predicted octanol–water partition coefficient (Wildman–Crippen LogP) is 1.01. The van der Waals surface area contributed by atoms with Gasteiger partial charge in [-0.15, -0.1) is 0 Å². The summed E-state index contributed by atoms with van der Waals surface area (Å²) in [6, 6.07) is 7.66. The number of carboxylic acid groups (broad SMARTS) is 1. The van der Waals surface area contributed by atoms with Crippen LogP contribution in [0.25, 0.3) is 0 Å². The van der Waals surface area contributed by atoms with Crippen LogP contribution in [0.3, 0.4) is 0 Å². The Balaban J connectivity index is 2.05. The zero-order valence-electron chi connectivity index (χ0n) is 8.97. The summed E-state index contributed by atoms with van der Waals surface area (Å²) in [4.78, 5) is 12.9. The normalized spacial score (nSPS) is 20.2. The number of anilines is 2. The molecule has 2 rings (SSSR count). The molecule has 0 aromatic heterocycles. The molecule has 1 radical (unpaired) electrons. The molecular formula is C11H14BN2O2. The maximum Gasteiger partial charge on any atom is 0.298 e. The Morgan fingerprint density at radius 3 is 2.81 bits per heavy atom. The van der Waals surface area contributed by atoms with E-state index >= 15 is 0 Å². The summed E-state index contributed by atoms with van der Waals surface area (Å²) in [5.74, 6) is -1.05. The van der Waals surface area contributed by atoms with Gasteiger partial charge in [0, 0.05) is 12.4 Å². The second-order valence-electron chi connectivity index (χ2n) is 3.97. The molecule has 1 aliphatic rings. The number of nitrogens with two attached hydrogens (primary N) is 1. The highest BCUT2D eigenvalue weighted by Crippen LogP contribution is 2.26. The first-order valence-corrected chi connectivity index (χ1v) is 5.34. The predicted molar refractivity (Wildman–Crippen MR) is 64.8 cm³/mol. The number of nitrogen functional groups attached to an aromatic ring is 1. The van der Waals surface area contributed by atoms with Crippen LogP contribution in [-0.4, -0.2) is 31.3 Å². The molecule has 0 saturated carbocycles. The molecule has 1 atom stereocenters. The third-order valence-electron chi connectivity index (χ3n) is 2.91. The van der Waals surface area contributed by atoms with Crippen LogP contribution in [0.5, 0.6) is 0 Å². The molecule has 0 aliphatic carbocycles. The fourth-order valence-electron chi connectivity index (χ4n) is 1.98. The van der Waals surface area contributed by atoms with Crippen LogP contribution in [0, 0.1) is 0 Å². The van der Waals surface area contributed by atoms with Crippen LogP contribution in [0.2, 0.25) is 5.82 Å². The Kier molecular flexibility index (Phi) is 3.03. The van der Waals surface area contributed by atoms with Crippen molar-refractivity contribution in [3.8, 4) is 0 Å². The van der Waals surface area contributed by atoms with Crippen molar-refractivity contribution in [2.75, 3.05) is 23.6 Å². The van der Waals surface area contributed by atoms with Crippen LogP contribution < -0.4 is 10.6 Å². The van der Waals surface area contributed by atoms with Crippen molar-refractivity contribution in [2.24, 2.45) is 0 Å². The summed E-state index contributed by atoms with van der Waals surface area (Å²) >= 11 is 0. The van der Waals surface area contributed by atoms with Crippen molar-refractivity contribution in [2.45, 2.75) is 12.2 Å². The van der Waals surface area contributed by atoms with Gasteiger partial charge in [-0.05, 0) is 25.0 Å². The first kappa shape index (κ1) is 10.9. The molecule has 1 unspecified atom stereocenters. The minimum Gasteiger partial charge on any atom is -0.482 e. The zero-order valence-corrected chi connectivity index (χ0v) is 8.97. The lowest BCUT2D eigenvalue weighted by molar-refractivity contribution is -0.137. The number of nitrogens with zero attached hydrogens (tertiary/aromatic N) is 1. The van der Waals surface area contributed by atoms with Crippen LogP contribution in [0.15, 0.2) is 24.3 Å². The standard InChI is InChI=1S/C11H14BN2O2/c13-9-3-1-2-4-10(9)14-6-5-8(11(15)16)12-7-14/h1-4,8H,5-7,13H2,(H,15,16). The van der Waals surface area contributed by atoms with Crippen molar-refractivity contribution < 1.29 is 9.90 Å². The van der Waals surface area contributed by atoms with E-state index in [0.717, 1.165) is 17.9 Å². The minimum atomic E-state index is -0.735. The van der Waals surface area contributed by atoms with E-state index in [4.69, 9.17) is 10.8 Å². The molecule has 1 saturated heterocycles. The Hall–Kier alpha value is -1.65. The molecule has 5 heteroatoms. The molecule has 0 spiro atoms. The Morgan fingerprint density at radius 2 is 2.25 bits per heavy atom. The molecule has 3 N–H and O–H groups in total. The first-order valence-electron chi connectivity index (χ1n) is 5.34. The molecular weight excluding hydrogens is 203 g/mol. The lowest BCUT2D eigenvalue weighted by atomic mass is 9.60. The van der Waals surface area contributed by atoms with E-state index in [1.54, 1.807) is 0 Å². The van der Waals surface area contributed by atoms with Crippen molar-refractivity contribution >= 4 is 24.6 Å². The van der Waals surface area contributed by atoms with E-state index in [1.807, 2.05) is 31.5 Å².